The zero-order valence-electron chi connectivity index (χ0n) is 12.1. The van der Waals surface area contributed by atoms with Crippen LogP contribution in [0.5, 0.6) is 0 Å². The highest BCUT2D eigenvalue weighted by atomic mass is 79.9. The van der Waals surface area contributed by atoms with Gasteiger partial charge in [0.05, 0.1) is 6.61 Å². The van der Waals surface area contributed by atoms with Crippen molar-refractivity contribution in [2.24, 2.45) is 0 Å². The molecule has 0 aromatic heterocycles. The van der Waals surface area contributed by atoms with Crippen LogP contribution in [-0.4, -0.2) is 62.1 Å². The van der Waals surface area contributed by atoms with E-state index in [0.29, 0.717) is 0 Å². The van der Waals surface area contributed by atoms with E-state index in [2.05, 4.69) is 36.8 Å². The number of hydrogen-bond acceptors (Lipinski definition) is 3. The number of benzene rings is 1. The molecule has 1 aromatic carbocycles. The second kappa shape index (κ2) is 8.27. The molecule has 1 amide bonds. The summed E-state index contributed by atoms with van der Waals surface area (Å²) in [6.45, 7) is 5.19. The summed E-state index contributed by atoms with van der Waals surface area (Å²) in [5.41, 5.74) is 0.724. The summed E-state index contributed by atoms with van der Waals surface area (Å²) in [6, 6.07) is 5.69. The molecule has 116 valence electrons. The first-order valence-electron chi connectivity index (χ1n) is 7.07. The van der Waals surface area contributed by atoms with Crippen molar-refractivity contribution in [1.29, 1.82) is 0 Å². The Morgan fingerprint density at radius 1 is 1.14 bits per heavy atom. The molecular weight excluding hydrogens is 400 g/mol. The molecule has 0 aliphatic carbocycles. The standard InChI is InChI=1S/C15H20Br2N2O2/c1-21-8-7-18-3-2-4-19(6-5-18)15(20)12-9-13(16)11-14(17)10-12/h9-11H,2-8H2,1H3. The Morgan fingerprint density at radius 3 is 2.52 bits per heavy atom. The molecule has 4 nitrogen and oxygen atoms in total. The molecule has 6 heteroatoms. The lowest BCUT2D eigenvalue weighted by Crippen LogP contribution is -2.36. The van der Waals surface area contributed by atoms with E-state index >= 15 is 0 Å². The van der Waals surface area contributed by atoms with Gasteiger partial charge in [0.2, 0.25) is 0 Å². The highest BCUT2D eigenvalue weighted by Crippen LogP contribution is 2.21. The average Bonchev–Trinajstić information content (AvgIpc) is 2.68. The third kappa shape index (κ3) is 5.06. The van der Waals surface area contributed by atoms with Crippen LogP contribution in [0.25, 0.3) is 0 Å². The van der Waals surface area contributed by atoms with E-state index in [1.54, 1.807) is 7.11 Å². The number of methoxy groups -OCH3 is 1. The van der Waals surface area contributed by atoms with Crippen LogP contribution in [-0.2, 0) is 4.74 Å². The quantitative estimate of drug-likeness (QED) is 0.751. The topological polar surface area (TPSA) is 32.8 Å². The highest BCUT2D eigenvalue weighted by Gasteiger charge is 2.20. The van der Waals surface area contributed by atoms with Gasteiger partial charge in [0.25, 0.3) is 5.91 Å². The van der Waals surface area contributed by atoms with Gasteiger partial charge in [-0.05, 0) is 31.2 Å². The van der Waals surface area contributed by atoms with Crippen LogP contribution in [0.4, 0.5) is 0 Å². The van der Waals surface area contributed by atoms with Crippen molar-refractivity contribution >= 4 is 37.8 Å². The predicted molar refractivity (Wildman–Crippen MR) is 90.7 cm³/mol. The molecule has 21 heavy (non-hydrogen) atoms. The number of halogens is 2. The van der Waals surface area contributed by atoms with Crippen LogP contribution in [0.3, 0.4) is 0 Å². The van der Waals surface area contributed by atoms with Gasteiger partial charge in [-0.3, -0.25) is 9.69 Å². The molecule has 0 saturated carbocycles. The zero-order valence-corrected chi connectivity index (χ0v) is 15.3. The molecule has 2 rings (SSSR count). The summed E-state index contributed by atoms with van der Waals surface area (Å²) in [6.07, 6.45) is 1.00. The molecule has 0 unspecified atom stereocenters. The molecule has 1 aromatic rings. The number of rotatable bonds is 4. The van der Waals surface area contributed by atoms with E-state index in [1.807, 2.05) is 23.1 Å². The minimum atomic E-state index is 0.102. The van der Waals surface area contributed by atoms with Crippen LogP contribution in [0.1, 0.15) is 16.8 Å². The summed E-state index contributed by atoms with van der Waals surface area (Å²) in [7, 11) is 1.72. The fourth-order valence-electron chi connectivity index (χ4n) is 2.48. The summed E-state index contributed by atoms with van der Waals surface area (Å²) in [4.78, 5) is 16.9. The van der Waals surface area contributed by atoms with Gasteiger partial charge in [-0.25, -0.2) is 0 Å². The Morgan fingerprint density at radius 2 is 1.86 bits per heavy atom. The van der Waals surface area contributed by atoms with E-state index in [4.69, 9.17) is 4.74 Å². The van der Waals surface area contributed by atoms with E-state index in [9.17, 15) is 4.79 Å². The van der Waals surface area contributed by atoms with Crippen molar-refractivity contribution < 1.29 is 9.53 Å². The lowest BCUT2D eigenvalue weighted by atomic mass is 10.2. The first-order valence-corrected chi connectivity index (χ1v) is 8.65. The van der Waals surface area contributed by atoms with Crippen molar-refractivity contribution in [1.82, 2.24) is 9.80 Å². The van der Waals surface area contributed by atoms with E-state index in [0.717, 1.165) is 60.3 Å². The Bertz CT molecular complexity index is 476. The lowest BCUT2D eigenvalue weighted by molar-refractivity contribution is 0.0759. The second-order valence-electron chi connectivity index (χ2n) is 5.14. The number of ether oxygens (including phenoxy) is 1. The van der Waals surface area contributed by atoms with Gasteiger partial charge in [0.15, 0.2) is 0 Å². The lowest BCUT2D eigenvalue weighted by Gasteiger charge is -2.22. The Labute approximate surface area is 142 Å². The van der Waals surface area contributed by atoms with Crippen molar-refractivity contribution in [3.8, 4) is 0 Å². The summed E-state index contributed by atoms with van der Waals surface area (Å²) < 4.78 is 6.95. The summed E-state index contributed by atoms with van der Waals surface area (Å²) >= 11 is 6.87. The highest BCUT2D eigenvalue weighted by molar-refractivity contribution is 9.11. The molecule has 0 bridgehead atoms. The maximum absolute atomic E-state index is 12.6. The van der Waals surface area contributed by atoms with Gasteiger partial charge in [0, 0.05) is 47.8 Å². The van der Waals surface area contributed by atoms with Crippen LogP contribution >= 0.6 is 31.9 Å². The van der Waals surface area contributed by atoms with E-state index in [-0.39, 0.29) is 5.91 Å². The Kier molecular flexibility index (Phi) is 6.67. The summed E-state index contributed by atoms with van der Waals surface area (Å²) in [5, 5.41) is 0. The monoisotopic (exact) mass is 418 g/mol. The minimum Gasteiger partial charge on any atom is -0.383 e. The molecule has 1 aliphatic rings. The van der Waals surface area contributed by atoms with Crippen molar-refractivity contribution in [3.05, 3.63) is 32.7 Å². The molecule has 1 saturated heterocycles. The SMILES string of the molecule is COCCN1CCCN(C(=O)c2cc(Br)cc(Br)c2)CC1. The van der Waals surface area contributed by atoms with Gasteiger partial charge >= 0.3 is 0 Å². The summed E-state index contributed by atoms with van der Waals surface area (Å²) in [5.74, 6) is 0.102. The van der Waals surface area contributed by atoms with Crippen LogP contribution in [0, 0.1) is 0 Å². The normalized spacial score (nSPS) is 16.8. The van der Waals surface area contributed by atoms with E-state index < -0.39 is 0 Å². The predicted octanol–water partition coefficient (Wildman–Crippen LogP) is 3.01. The Hall–Kier alpha value is -0.430. The minimum absolute atomic E-state index is 0.102. The number of hydrogen-bond donors (Lipinski definition) is 0. The van der Waals surface area contributed by atoms with Crippen molar-refractivity contribution in [2.75, 3.05) is 46.4 Å². The fourth-order valence-corrected chi connectivity index (χ4v) is 3.77. The maximum atomic E-state index is 12.6. The molecule has 1 aliphatic heterocycles. The van der Waals surface area contributed by atoms with Crippen LogP contribution in [0.15, 0.2) is 27.1 Å². The molecule has 0 atom stereocenters. The zero-order chi connectivity index (χ0) is 15.2. The molecule has 0 spiro atoms. The fraction of sp³-hybridized carbons (Fsp3) is 0.533. The van der Waals surface area contributed by atoms with E-state index in [1.165, 1.54) is 0 Å². The van der Waals surface area contributed by atoms with Crippen molar-refractivity contribution in [3.63, 3.8) is 0 Å². The first-order chi connectivity index (χ1) is 10.1. The van der Waals surface area contributed by atoms with Gasteiger partial charge < -0.3 is 9.64 Å². The number of carbonyl (C=O) groups is 1. The smallest absolute Gasteiger partial charge is 0.253 e. The van der Waals surface area contributed by atoms with Gasteiger partial charge in [-0.1, -0.05) is 31.9 Å². The van der Waals surface area contributed by atoms with Crippen molar-refractivity contribution in [2.45, 2.75) is 6.42 Å². The van der Waals surface area contributed by atoms with Gasteiger partial charge in [-0.15, -0.1) is 0 Å². The van der Waals surface area contributed by atoms with Crippen LogP contribution in [0.2, 0.25) is 0 Å². The maximum Gasteiger partial charge on any atom is 0.253 e. The number of carbonyl (C=O) groups excluding carboxylic acids is 1. The third-order valence-corrected chi connectivity index (χ3v) is 4.51. The molecule has 1 fully saturated rings. The number of nitrogens with zero attached hydrogens (tertiary/aromatic N) is 2. The number of amides is 1. The third-order valence-electron chi connectivity index (χ3n) is 3.60. The largest absolute Gasteiger partial charge is 0.383 e. The van der Waals surface area contributed by atoms with Gasteiger partial charge in [0.1, 0.15) is 0 Å². The average molecular weight is 420 g/mol. The molecular formula is C15H20Br2N2O2. The van der Waals surface area contributed by atoms with Gasteiger partial charge in [-0.2, -0.15) is 0 Å². The molecule has 0 radical (unpaired) electrons. The Balaban J connectivity index is 1.99. The first kappa shape index (κ1) is 16.9. The molecule has 0 N–H and O–H groups in total. The molecule has 1 heterocycles. The van der Waals surface area contributed by atoms with Crippen LogP contribution < -0.4 is 0 Å². The second-order valence-corrected chi connectivity index (χ2v) is 6.97.